The summed E-state index contributed by atoms with van der Waals surface area (Å²) < 4.78 is 39.3. The zero-order chi connectivity index (χ0) is 24.3. The SMILES string of the molecule is Cc1cc(OCC(=O)Nc2ccc(S(=O)(=O)Nc3onc(C)c3C)cc2)c(C(C)C)cc1Br. The topological polar surface area (TPSA) is 111 Å². The van der Waals surface area contributed by atoms with Gasteiger partial charge >= 0.3 is 0 Å². The van der Waals surface area contributed by atoms with E-state index in [1.165, 1.54) is 24.3 Å². The molecule has 0 saturated carbocycles. The first-order valence-electron chi connectivity index (χ1n) is 10.3. The van der Waals surface area contributed by atoms with Crippen LogP contribution in [-0.2, 0) is 14.8 Å². The van der Waals surface area contributed by atoms with Gasteiger partial charge in [-0.05, 0) is 74.2 Å². The number of aryl methyl sites for hydroxylation is 2. The van der Waals surface area contributed by atoms with Crippen molar-refractivity contribution in [3.05, 3.63) is 63.3 Å². The molecule has 0 unspecified atom stereocenters. The van der Waals surface area contributed by atoms with E-state index >= 15 is 0 Å². The van der Waals surface area contributed by atoms with Crippen molar-refractivity contribution in [1.29, 1.82) is 0 Å². The molecule has 0 aliphatic heterocycles. The number of nitrogens with one attached hydrogen (secondary N) is 2. The lowest BCUT2D eigenvalue weighted by Crippen LogP contribution is -2.21. The molecule has 0 radical (unpaired) electrons. The van der Waals surface area contributed by atoms with Crippen molar-refractivity contribution in [2.45, 2.75) is 45.4 Å². The standard InChI is InChI=1S/C23H26BrN3O5S/c1-13(2)19-11-20(24)14(3)10-21(19)31-12-22(28)25-17-6-8-18(9-7-17)33(29,30)27-23-15(4)16(5)26-32-23/h6-11,13,27H,12H2,1-5H3,(H,25,28). The fourth-order valence-electron chi connectivity index (χ4n) is 3.00. The minimum atomic E-state index is -3.86. The van der Waals surface area contributed by atoms with E-state index in [-0.39, 0.29) is 29.2 Å². The van der Waals surface area contributed by atoms with Gasteiger partial charge in [-0.25, -0.2) is 13.1 Å². The Morgan fingerprint density at radius 3 is 2.39 bits per heavy atom. The summed E-state index contributed by atoms with van der Waals surface area (Å²) in [5, 5.41) is 6.45. The van der Waals surface area contributed by atoms with Gasteiger partial charge in [-0.3, -0.25) is 4.79 Å². The lowest BCUT2D eigenvalue weighted by molar-refractivity contribution is -0.118. The van der Waals surface area contributed by atoms with Crippen LogP contribution in [-0.4, -0.2) is 26.1 Å². The number of rotatable bonds is 8. The second-order valence-corrected chi connectivity index (χ2v) is 10.5. The van der Waals surface area contributed by atoms with E-state index in [1.54, 1.807) is 13.8 Å². The molecule has 33 heavy (non-hydrogen) atoms. The third-order valence-corrected chi connectivity index (χ3v) is 7.31. The lowest BCUT2D eigenvalue weighted by atomic mass is 10.0. The highest BCUT2D eigenvalue weighted by Gasteiger charge is 2.19. The van der Waals surface area contributed by atoms with Crippen molar-refractivity contribution in [2.75, 3.05) is 16.6 Å². The number of sulfonamides is 1. The summed E-state index contributed by atoms with van der Waals surface area (Å²) in [5.74, 6) is 0.608. The minimum absolute atomic E-state index is 0.0251. The third kappa shape index (κ3) is 5.94. The molecular weight excluding hydrogens is 510 g/mol. The number of halogens is 1. The molecule has 1 amide bonds. The number of ether oxygens (including phenoxy) is 1. The summed E-state index contributed by atoms with van der Waals surface area (Å²) in [5.41, 5.74) is 3.68. The van der Waals surface area contributed by atoms with E-state index in [9.17, 15) is 13.2 Å². The Balaban J connectivity index is 1.64. The molecule has 1 heterocycles. The van der Waals surface area contributed by atoms with Crippen LogP contribution in [0.1, 0.15) is 42.1 Å². The molecule has 3 rings (SSSR count). The fraction of sp³-hybridized carbons (Fsp3) is 0.304. The van der Waals surface area contributed by atoms with Gasteiger partial charge in [0.25, 0.3) is 15.9 Å². The average Bonchev–Trinajstić information content (AvgIpc) is 3.06. The van der Waals surface area contributed by atoms with Gasteiger partial charge in [-0.1, -0.05) is 34.9 Å². The van der Waals surface area contributed by atoms with E-state index < -0.39 is 10.0 Å². The predicted molar refractivity (Wildman–Crippen MR) is 130 cm³/mol. The van der Waals surface area contributed by atoms with Crippen LogP contribution in [0.25, 0.3) is 0 Å². The molecule has 0 atom stereocenters. The molecule has 3 aromatic rings. The normalized spacial score (nSPS) is 11.5. The Hall–Kier alpha value is -2.85. The van der Waals surface area contributed by atoms with Gasteiger partial charge in [0.05, 0.1) is 10.6 Å². The summed E-state index contributed by atoms with van der Waals surface area (Å²) in [6, 6.07) is 9.71. The van der Waals surface area contributed by atoms with Gasteiger partial charge in [0.1, 0.15) is 5.75 Å². The second-order valence-electron chi connectivity index (χ2n) is 7.98. The molecule has 0 spiro atoms. The number of carbonyl (C=O) groups is 1. The molecule has 2 aromatic carbocycles. The van der Waals surface area contributed by atoms with Crippen molar-refractivity contribution in [3.8, 4) is 5.75 Å². The smallest absolute Gasteiger partial charge is 0.264 e. The van der Waals surface area contributed by atoms with Crippen molar-refractivity contribution < 1.29 is 22.5 Å². The predicted octanol–water partition coefficient (Wildman–Crippen LogP) is 5.30. The second kappa shape index (κ2) is 9.96. The number of carbonyl (C=O) groups excluding carboxylic acids is 1. The largest absolute Gasteiger partial charge is 0.483 e. The van der Waals surface area contributed by atoms with Gasteiger partial charge < -0.3 is 14.6 Å². The number of benzene rings is 2. The van der Waals surface area contributed by atoms with Crippen molar-refractivity contribution >= 4 is 43.4 Å². The highest BCUT2D eigenvalue weighted by Crippen LogP contribution is 2.32. The van der Waals surface area contributed by atoms with Gasteiger partial charge in [0.2, 0.25) is 5.88 Å². The first kappa shape index (κ1) is 24.8. The molecule has 0 saturated heterocycles. The quantitative estimate of drug-likeness (QED) is 0.404. The molecule has 0 fully saturated rings. The Morgan fingerprint density at radius 1 is 1.15 bits per heavy atom. The molecule has 0 aliphatic rings. The van der Waals surface area contributed by atoms with Crippen LogP contribution in [0.3, 0.4) is 0 Å². The maximum atomic E-state index is 12.6. The summed E-state index contributed by atoms with van der Waals surface area (Å²) in [4.78, 5) is 12.4. The molecule has 0 aliphatic carbocycles. The van der Waals surface area contributed by atoms with E-state index in [2.05, 4.69) is 45.0 Å². The van der Waals surface area contributed by atoms with Crippen molar-refractivity contribution in [3.63, 3.8) is 0 Å². The molecular formula is C23H26BrN3O5S. The first-order chi connectivity index (χ1) is 15.5. The van der Waals surface area contributed by atoms with Gasteiger partial charge in [0.15, 0.2) is 6.61 Å². The number of aromatic nitrogens is 1. The molecule has 2 N–H and O–H groups in total. The van der Waals surface area contributed by atoms with E-state index in [0.717, 1.165) is 15.6 Å². The zero-order valence-electron chi connectivity index (χ0n) is 19.0. The highest BCUT2D eigenvalue weighted by atomic mass is 79.9. The van der Waals surface area contributed by atoms with Crippen LogP contribution in [0.4, 0.5) is 11.6 Å². The summed E-state index contributed by atoms with van der Waals surface area (Å²) in [6.45, 7) is 9.32. The summed E-state index contributed by atoms with van der Waals surface area (Å²) in [7, 11) is -3.86. The molecule has 176 valence electrons. The Morgan fingerprint density at radius 2 is 1.82 bits per heavy atom. The monoisotopic (exact) mass is 535 g/mol. The van der Waals surface area contributed by atoms with Crippen LogP contribution in [0.2, 0.25) is 0 Å². The maximum absolute atomic E-state index is 12.6. The van der Waals surface area contributed by atoms with Gasteiger partial charge in [-0.15, -0.1) is 0 Å². The van der Waals surface area contributed by atoms with Crippen molar-refractivity contribution in [2.24, 2.45) is 0 Å². The van der Waals surface area contributed by atoms with Gasteiger partial charge in [-0.2, -0.15) is 0 Å². The molecule has 10 heteroatoms. The highest BCUT2D eigenvalue weighted by molar-refractivity contribution is 9.10. The number of hydrogen-bond acceptors (Lipinski definition) is 6. The van der Waals surface area contributed by atoms with Crippen LogP contribution < -0.4 is 14.8 Å². The van der Waals surface area contributed by atoms with Crippen LogP contribution in [0.15, 0.2) is 50.3 Å². The van der Waals surface area contributed by atoms with Crippen LogP contribution >= 0.6 is 15.9 Å². The Labute approximate surface area is 201 Å². The average molecular weight is 536 g/mol. The summed E-state index contributed by atoms with van der Waals surface area (Å²) in [6.07, 6.45) is 0. The third-order valence-electron chi connectivity index (χ3n) is 5.10. The number of nitrogens with zero attached hydrogens (tertiary/aromatic N) is 1. The maximum Gasteiger partial charge on any atom is 0.264 e. The van der Waals surface area contributed by atoms with Crippen molar-refractivity contribution in [1.82, 2.24) is 5.16 Å². The molecule has 1 aromatic heterocycles. The Kier molecular flexibility index (Phi) is 7.48. The molecule has 8 nitrogen and oxygen atoms in total. The first-order valence-corrected chi connectivity index (χ1v) is 12.5. The lowest BCUT2D eigenvalue weighted by Gasteiger charge is -2.16. The van der Waals surface area contributed by atoms with Crippen LogP contribution in [0.5, 0.6) is 5.75 Å². The van der Waals surface area contributed by atoms with E-state index in [4.69, 9.17) is 9.26 Å². The molecule has 0 bridgehead atoms. The fourth-order valence-corrected chi connectivity index (χ4v) is 4.40. The number of anilines is 2. The minimum Gasteiger partial charge on any atom is -0.483 e. The number of hydrogen-bond donors (Lipinski definition) is 2. The Bertz CT molecular complexity index is 1270. The van der Waals surface area contributed by atoms with E-state index in [1.807, 2.05) is 19.1 Å². The van der Waals surface area contributed by atoms with E-state index in [0.29, 0.717) is 22.7 Å². The number of amides is 1. The van der Waals surface area contributed by atoms with Crippen LogP contribution in [0, 0.1) is 20.8 Å². The zero-order valence-corrected chi connectivity index (χ0v) is 21.4. The van der Waals surface area contributed by atoms with Gasteiger partial charge in [0, 0.05) is 15.7 Å². The summed E-state index contributed by atoms with van der Waals surface area (Å²) >= 11 is 3.52.